The maximum atomic E-state index is 13.2. The van der Waals surface area contributed by atoms with Gasteiger partial charge in [-0.2, -0.15) is 5.10 Å². The maximum Gasteiger partial charge on any atom is 0.272 e. The summed E-state index contributed by atoms with van der Waals surface area (Å²) in [5.41, 5.74) is 1.18. The average Bonchev–Trinajstić information content (AvgIpc) is 3.22. The van der Waals surface area contributed by atoms with Crippen molar-refractivity contribution in [3.8, 4) is 5.88 Å². The molecule has 2 fully saturated rings. The van der Waals surface area contributed by atoms with Crippen LogP contribution in [0.15, 0.2) is 30.5 Å². The molecule has 3 heterocycles. The molecular formula is C20H26N4O3. The topological polar surface area (TPSA) is 69.5 Å². The highest BCUT2D eigenvalue weighted by molar-refractivity contribution is 5.93. The largest absolute Gasteiger partial charge is 0.474 e. The average molecular weight is 370 g/mol. The number of fused-ring (bicyclic) bond motifs is 1. The van der Waals surface area contributed by atoms with E-state index in [0.29, 0.717) is 18.1 Å². The molecule has 0 bridgehead atoms. The molecule has 0 unspecified atom stereocenters. The number of carbonyl (C=O) groups excluding carboxylic acids is 1. The first kappa shape index (κ1) is 18.0. The molecule has 0 spiro atoms. The molecule has 1 saturated carbocycles. The zero-order chi connectivity index (χ0) is 19.0. The van der Waals surface area contributed by atoms with Crippen molar-refractivity contribution in [2.75, 3.05) is 13.7 Å². The molecule has 4 rings (SSSR count). The molecule has 2 aliphatic rings. The fourth-order valence-corrected chi connectivity index (χ4v) is 4.56. The molecule has 0 aromatic carbocycles. The van der Waals surface area contributed by atoms with E-state index >= 15 is 0 Å². The van der Waals surface area contributed by atoms with Crippen molar-refractivity contribution in [3.63, 3.8) is 0 Å². The summed E-state index contributed by atoms with van der Waals surface area (Å²) >= 11 is 0. The molecule has 7 heteroatoms. The lowest BCUT2D eigenvalue weighted by atomic mass is 9.79. The monoisotopic (exact) mass is 370 g/mol. The van der Waals surface area contributed by atoms with E-state index in [1.54, 1.807) is 18.0 Å². The van der Waals surface area contributed by atoms with Gasteiger partial charge >= 0.3 is 0 Å². The van der Waals surface area contributed by atoms with Crippen LogP contribution in [0.3, 0.4) is 0 Å². The van der Waals surface area contributed by atoms with Crippen molar-refractivity contribution in [1.82, 2.24) is 19.7 Å². The van der Waals surface area contributed by atoms with Crippen LogP contribution in [0.25, 0.3) is 0 Å². The molecule has 1 amide bonds. The molecule has 0 radical (unpaired) electrons. The van der Waals surface area contributed by atoms with E-state index in [1.807, 2.05) is 43.1 Å². The Morgan fingerprint density at radius 2 is 2.19 bits per heavy atom. The van der Waals surface area contributed by atoms with E-state index in [1.165, 1.54) is 0 Å². The predicted molar refractivity (Wildman–Crippen MR) is 99.6 cm³/mol. The van der Waals surface area contributed by atoms with Crippen LogP contribution in [0, 0.1) is 6.92 Å². The van der Waals surface area contributed by atoms with Crippen LogP contribution in [0.5, 0.6) is 5.88 Å². The zero-order valence-electron chi connectivity index (χ0n) is 16.1. The van der Waals surface area contributed by atoms with Gasteiger partial charge in [-0.1, -0.05) is 6.07 Å². The Kier molecular flexibility index (Phi) is 4.63. The number of pyridine rings is 1. The number of nitrogens with zero attached hydrogens (tertiary/aromatic N) is 4. The van der Waals surface area contributed by atoms with Crippen LogP contribution in [0.1, 0.15) is 41.9 Å². The highest BCUT2D eigenvalue weighted by Gasteiger charge is 2.53. The molecule has 1 aliphatic heterocycles. The molecule has 7 nitrogen and oxygen atoms in total. The molecule has 1 aliphatic carbocycles. The van der Waals surface area contributed by atoms with Gasteiger partial charge in [-0.15, -0.1) is 0 Å². The minimum Gasteiger partial charge on any atom is -0.474 e. The standard InChI is InChI=1S/C20H26N4O3/c1-14-12-16(23(2)22-14)19(25)24-11-9-20(26-3)8-7-15(13-17(20)24)27-18-6-4-5-10-21-18/h4-6,10,12,15,17H,7-9,11,13H2,1-3H3/t15-,17-,20+/m0/s1. The second-order valence-corrected chi connectivity index (χ2v) is 7.51. The zero-order valence-corrected chi connectivity index (χ0v) is 16.1. The van der Waals surface area contributed by atoms with Gasteiger partial charge in [-0.05, 0) is 38.3 Å². The fourth-order valence-electron chi connectivity index (χ4n) is 4.56. The van der Waals surface area contributed by atoms with Gasteiger partial charge < -0.3 is 14.4 Å². The van der Waals surface area contributed by atoms with E-state index < -0.39 is 0 Å². The molecule has 2 aromatic heterocycles. The van der Waals surface area contributed by atoms with Gasteiger partial charge in [-0.3, -0.25) is 9.48 Å². The number of ether oxygens (including phenoxy) is 2. The maximum absolute atomic E-state index is 13.2. The molecule has 144 valence electrons. The minimum atomic E-state index is -0.284. The van der Waals surface area contributed by atoms with Crippen molar-refractivity contribution in [2.24, 2.45) is 7.05 Å². The van der Waals surface area contributed by atoms with Gasteiger partial charge in [0.1, 0.15) is 11.8 Å². The fraction of sp³-hybridized carbons (Fsp3) is 0.550. The Morgan fingerprint density at radius 1 is 1.33 bits per heavy atom. The Labute approximate surface area is 159 Å². The molecule has 1 saturated heterocycles. The van der Waals surface area contributed by atoms with Crippen LogP contribution < -0.4 is 4.74 Å². The number of carbonyl (C=O) groups is 1. The van der Waals surface area contributed by atoms with E-state index in [-0.39, 0.29) is 23.7 Å². The quantitative estimate of drug-likeness (QED) is 0.826. The first-order valence-corrected chi connectivity index (χ1v) is 9.47. The van der Waals surface area contributed by atoms with E-state index in [4.69, 9.17) is 9.47 Å². The van der Waals surface area contributed by atoms with Crippen molar-refractivity contribution >= 4 is 5.91 Å². The number of likely N-dealkylation sites (tertiary alicyclic amines) is 1. The minimum absolute atomic E-state index is 0.00679. The normalized spacial score (nSPS) is 27.4. The van der Waals surface area contributed by atoms with Gasteiger partial charge in [0.25, 0.3) is 5.91 Å². The summed E-state index contributed by atoms with van der Waals surface area (Å²) in [5.74, 6) is 0.645. The van der Waals surface area contributed by atoms with Crippen molar-refractivity contribution in [3.05, 3.63) is 41.9 Å². The van der Waals surface area contributed by atoms with Gasteiger partial charge in [-0.25, -0.2) is 4.98 Å². The third-order valence-corrected chi connectivity index (χ3v) is 5.95. The lowest BCUT2D eigenvalue weighted by Crippen LogP contribution is -2.53. The SMILES string of the molecule is CO[C@@]12CC[C@H](Oc3ccccn3)C[C@@H]1N(C(=O)c1cc(C)nn1C)CC2. The lowest BCUT2D eigenvalue weighted by Gasteiger charge is -2.43. The number of methoxy groups -OCH3 is 1. The van der Waals surface area contributed by atoms with Crippen LogP contribution in [-0.4, -0.2) is 57.0 Å². The van der Waals surface area contributed by atoms with Gasteiger partial charge in [0.15, 0.2) is 0 Å². The summed E-state index contributed by atoms with van der Waals surface area (Å²) in [5, 5.41) is 4.32. The van der Waals surface area contributed by atoms with Crippen molar-refractivity contribution in [2.45, 2.75) is 50.4 Å². The Hall–Kier alpha value is -2.41. The molecule has 0 N–H and O–H groups in total. The van der Waals surface area contributed by atoms with Gasteiger partial charge in [0, 0.05) is 39.4 Å². The molecule has 3 atom stereocenters. The lowest BCUT2D eigenvalue weighted by molar-refractivity contribution is -0.0789. The third-order valence-electron chi connectivity index (χ3n) is 5.95. The number of hydrogen-bond acceptors (Lipinski definition) is 5. The second-order valence-electron chi connectivity index (χ2n) is 7.51. The molecular weight excluding hydrogens is 344 g/mol. The van der Waals surface area contributed by atoms with E-state index in [9.17, 15) is 4.79 Å². The Bertz CT molecular complexity index is 822. The highest BCUT2D eigenvalue weighted by Crippen LogP contribution is 2.43. The highest BCUT2D eigenvalue weighted by atomic mass is 16.5. The number of aryl methyl sites for hydroxylation is 2. The number of rotatable bonds is 4. The summed E-state index contributed by atoms with van der Waals surface area (Å²) in [4.78, 5) is 19.4. The summed E-state index contributed by atoms with van der Waals surface area (Å²) < 4.78 is 13.7. The smallest absolute Gasteiger partial charge is 0.272 e. The summed E-state index contributed by atoms with van der Waals surface area (Å²) in [6.45, 7) is 2.59. The molecule has 2 aromatic rings. The first-order valence-electron chi connectivity index (χ1n) is 9.47. The van der Waals surface area contributed by atoms with Gasteiger partial charge in [0.2, 0.25) is 5.88 Å². The van der Waals surface area contributed by atoms with Crippen LogP contribution in [-0.2, 0) is 11.8 Å². The van der Waals surface area contributed by atoms with Crippen LogP contribution in [0.2, 0.25) is 0 Å². The molecule has 27 heavy (non-hydrogen) atoms. The third kappa shape index (κ3) is 3.20. The summed E-state index contributed by atoms with van der Waals surface area (Å²) in [6, 6.07) is 7.50. The number of hydrogen-bond donors (Lipinski definition) is 0. The van der Waals surface area contributed by atoms with Gasteiger partial charge in [0.05, 0.1) is 17.3 Å². The van der Waals surface area contributed by atoms with Crippen molar-refractivity contribution < 1.29 is 14.3 Å². The van der Waals surface area contributed by atoms with E-state index in [0.717, 1.165) is 31.4 Å². The predicted octanol–water partition coefficient (Wildman–Crippen LogP) is 2.35. The Balaban J connectivity index is 1.56. The van der Waals surface area contributed by atoms with Crippen molar-refractivity contribution in [1.29, 1.82) is 0 Å². The summed E-state index contributed by atoms with van der Waals surface area (Å²) in [6.07, 6.45) is 5.12. The van der Waals surface area contributed by atoms with Crippen LogP contribution >= 0.6 is 0 Å². The summed E-state index contributed by atoms with van der Waals surface area (Å²) in [7, 11) is 3.57. The number of aromatic nitrogens is 3. The van der Waals surface area contributed by atoms with E-state index in [2.05, 4.69) is 10.1 Å². The van der Waals surface area contributed by atoms with Crippen LogP contribution in [0.4, 0.5) is 0 Å². The number of amides is 1. The Morgan fingerprint density at radius 3 is 2.85 bits per heavy atom. The second kappa shape index (κ2) is 6.96. The first-order chi connectivity index (χ1) is 13.0.